The first kappa shape index (κ1) is 24.5. The minimum atomic E-state index is -1.82. The van der Waals surface area contributed by atoms with Gasteiger partial charge in [0.2, 0.25) is 0 Å². The summed E-state index contributed by atoms with van der Waals surface area (Å²) in [7, 11) is 1.63. The van der Waals surface area contributed by atoms with Crippen LogP contribution in [-0.4, -0.2) is 71.6 Å². The number of allylic oxidation sites excluding steroid dienone is 1. The van der Waals surface area contributed by atoms with Crippen LogP contribution in [0, 0.1) is 5.92 Å². The smallest absolute Gasteiger partial charge is 0.414 e. The molecule has 8 nitrogen and oxygen atoms in total. The lowest BCUT2D eigenvalue weighted by Crippen LogP contribution is -2.41. The number of aliphatic hydroxyl groups is 1. The monoisotopic (exact) mass is 409 g/mol. The quantitative estimate of drug-likeness (QED) is 0.588. The Morgan fingerprint density at radius 3 is 2.52 bits per heavy atom. The van der Waals surface area contributed by atoms with Gasteiger partial charge in [0.15, 0.2) is 11.5 Å². The van der Waals surface area contributed by atoms with Crippen LogP contribution in [0.4, 0.5) is 0 Å². The molecule has 162 valence electrons. The summed E-state index contributed by atoms with van der Waals surface area (Å²) in [6.07, 6.45) is 6.02. The summed E-state index contributed by atoms with van der Waals surface area (Å²) in [5.41, 5.74) is 1.07. The number of carboxylic acid groups (broad SMARTS) is 2. The van der Waals surface area contributed by atoms with E-state index in [1.54, 1.807) is 7.11 Å². The first-order chi connectivity index (χ1) is 13.8. The number of aliphatic hydroxyl groups excluding tert-OH is 1. The van der Waals surface area contributed by atoms with Crippen molar-refractivity contribution in [2.75, 3.05) is 33.4 Å². The van der Waals surface area contributed by atoms with E-state index < -0.39 is 18.0 Å². The molecule has 2 atom stereocenters. The van der Waals surface area contributed by atoms with Gasteiger partial charge in [0.1, 0.15) is 12.7 Å². The van der Waals surface area contributed by atoms with Crippen LogP contribution in [0.25, 0.3) is 6.08 Å². The van der Waals surface area contributed by atoms with Crippen molar-refractivity contribution in [3.63, 3.8) is 0 Å². The average Bonchev–Trinajstić information content (AvgIpc) is 2.67. The second kappa shape index (κ2) is 12.8. The van der Waals surface area contributed by atoms with Crippen LogP contribution in [0.15, 0.2) is 24.3 Å². The van der Waals surface area contributed by atoms with Crippen LogP contribution in [0.3, 0.4) is 0 Å². The molecule has 3 N–H and O–H groups in total. The molecule has 1 aliphatic rings. The fourth-order valence-electron chi connectivity index (χ4n) is 3.09. The fraction of sp³-hybridized carbons (Fsp3) is 0.524. The molecule has 29 heavy (non-hydrogen) atoms. The maximum atomic E-state index is 10.2. The molecule has 1 fully saturated rings. The number of likely N-dealkylation sites (tertiary alicyclic amines) is 1. The van der Waals surface area contributed by atoms with Gasteiger partial charge in [-0.1, -0.05) is 25.1 Å². The molecular formula is C21H31NO7. The number of hydrogen-bond donors (Lipinski definition) is 3. The van der Waals surface area contributed by atoms with Crippen molar-refractivity contribution in [1.29, 1.82) is 0 Å². The zero-order valence-corrected chi connectivity index (χ0v) is 17.2. The third-order valence-electron chi connectivity index (χ3n) is 4.37. The lowest BCUT2D eigenvalue weighted by atomic mass is 10.0. The van der Waals surface area contributed by atoms with Gasteiger partial charge in [-0.05, 0) is 49.9 Å². The molecular weight excluding hydrogens is 378 g/mol. The number of benzene rings is 1. The largest absolute Gasteiger partial charge is 0.493 e. The Hall–Kier alpha value is -2.58. The van der Waals surface area contributed by atoms with Gasteiger partial charge >= 0.3 is 11.9 Å². The van der Waals surface area contributed by atoms with Crippen LogP contribution < -0.4 is 9.47 Å². The van der Waals surface area contributed by atoms with Crippen molar-refractivity contribution in [3.8, 4) is 11.5 Å². The molecule has 1 aliphatic heterocycles. The third-order valence-corrected chi connectivity index (χ3v) is 4.37. The molecule has 0 amide bonds. The number of nitrogens with zero attached hydrogens (tertiary/aromatic N) is 1. The topological polar surface area (TPSA) is 117 Å². The minimum absolute atomic E-state index is 0.282. The zero-order chi connectivity index (χ0) is 21.8. The number of aliphatic carboxylic acids is 2. The first-order valence-electron chi connectivity index (χ1n) is 9.57. The number of rotatable bonds is 7. The molecule has 1 saturated heterocycles. The predicted octanol–water partition coefficient (Wildman–Crippen LogP) is 2.36. The van der Waals surface area contributed by atoms with Crippen LogP contribution in [-0.2, 0) is 9.59 Å². The molecule has 0 aliphatic carbocycles. The van der Waals surface area contributed by atoms with Gasteiger partial charge in [0.25, 0.3) is 0 Å². The number of carboxylic acids is 2. The highest BCUT2D eigenvalue weighted by atomic mass is 16.5. The second-order valence-electron chi connectivity index (χ2n) is 6.99. The molecule has 0 spiro atoms. The van der Waals surface area contributed by atoms with Gasteiger partial charge in [-0.3, -0.25) is 0 Å². The van der Waals surface area contributed by atoms with Crippen molar-refractivity contribution in [1.82, 2.24) is 4.90 Å². The van der Waals surface area contributed by atoms with E-state index in [0.29, 0.717) is 18.0 Å². The van der Waals surface area contributed by atoms with Crippen molar-refractivity contribution < 1.29 is 34.4 Å². The Morgan fingerprint density at radius 1 is 1.28 bits per heavy atom. The van der Waals surface area contributed by atoms with Gasteiger partial charge in [0.05, 0.1) is 7.11 Å². The number of carbonyl (C=O) groups is 2. The number of ether oxygens (including phenoxy) is 2. The number of methoxy groups -OCH3 is 1. The standard InChI is InChI=1S/C19H29NO3.C2H2O4/c1-4-6-16-8-9-18(19(11-16)22-3)23-14-17(21)13-20-10-5-7-15(2)12-20;3-1(4)2(5)6/h4,6,8-9,11,15,17,21H,5,7,10,12-14H2,1-3H3;(H,3,4)(H,5,6). The van der Waals surface area contributed by atoms with Gasteiger partial charge in [-0.15, -0.1) is 0 Å². The Morgan fingerprint density at radius 2 is 1.97 bits per heavy atom. The molecule has 8 heteroatoms. The minimum Gasteiger partial charge on any atom is -0.493 e. The highest BCUT2D eigenvalue weighted by Gasteiger charge is 2.19. The fourth-order valence-corrected chi connectivity index (χ4v) is 3.09. The summed E-state index contributed by atoms with van der Waals surface area (Å²) in [5, 5.41) is 25.0. The van der Waals surface area contributed by atoms with E-state index in [4.69, 9.17) is 29.3 Å². The molecule has 2 rings (SSSR count). The van der Waals surface area contributed by atoms with Crippen molar-refractivity contribution in [3.05, 3.63) is 29.8 Å². The van der Waals surface area contributed by atoms with Crippen molar-refractivity contribution >= 4 is 18.0 Å². The summed E-state index contributed by atoms with van der Waals surface area (Å²) in [4.78, 5) is 20.5. The van der Waals surface area contributed by atoms with E-state index >= 15 is 0 Å². The van der Waals surface area contributed by atoms with Gasteiger partial charge in [-0.25, -0.2) is 9.59 Å². The molecule has 0 radical (unpaired) electrons. The van der Waals surface area contributed by atoms with Gasteiger partial charge in [-0.2, -0.15) is 0 Å². The second-order valence-corrected chi connectivity index (χ2v) is 6.99. The van der Waals surface area contributed by atoms with Crippen LogP contribution in [0.5, 0.6) is 11.5 Å². The molecule has 0 saturated carbocycles. The van der Waals surface area contributed by atoms with E-state index in [9.17, 15) is 5.11 Å². The van der Waals surface area contributed by atoms with Gasteiger partial charge in [0, 0.05) is 13.1 Å². The molecule has 1 aromatic carbocycles. The van der Waals surface area contributed by atoms with E-state index in [0.717, 1.165) is 24.6 Å². The summed E-state index contributed by atoms with van der Waals surface area (Å²) in [6, 6.07) is 5.81. The molecule has 1 heterocycles. The summed E-state index contributed by atoms with van der Waals surface area (Å²) >= 11 is 0. The summed E-state index contributed by atoms with van der Waals surface area (Å²) in [6.45, 7) is 7.34. The SMILES string of the molecule is CC=Cc1ccc(OCC(O)CN2CCCC(C)C2)c(OC)c1.O=C(O)C(=O)O. The van der Waals surface area contributed by atoms with E-state index in [2.05, 4.69) is 11.8 Å². The summed E-state index contributed by atoms with van der Waals surface area (Å²) in [5.74, 6) is -1.56. The number of β-amino-alcohol motifs (C(OH)–C–C–N with tert-alkyl or cyclic N) is 1. The van der Waals surface area contributed by atoms with Crippen LogP contribution in [0.1, 0.15) is 32.3 Å². The van der Waals surface area contributed by atoms with E-state index in [1.807, 2.05) is 37.3 Å². The van der Waals surface area contributed by atoms with Crippen LogP contribution >= 0.6 is 0 Å². The molecule has 0 aromatic heterocycles. The summed E-state index contributed by atoms with van der Waals surface area (Å²) < 4.78 is 11.1. The lowest BCUT2D eigenvalue weighted by molar-refractivity contribution is -0.159. The van der Waals surface area contributed by atoms with Crippen molar-refractivity contribution in [2.24, 2.45) is 5.92 Å². The van der Waals surface area contributed by atoms with Crippen molar-refractivity contribution in [2.45, 2.75) is 32.8 Å². The number of piperidine rings is 1. The Bertz CT molecular complexity index is 678. The zero-order valence-electron chi connectivity index (χ0n) is 17.2. The third kappa shape index (κ3) is 9.45. The molecule has 0 bridgehead atoms. The van der Waals surface area contributed by atoms with E-state index in [1.165, 1.54) is 12.8 Å². The first-order valence-corrected chi connectivity index (χ1v) is 9.57. The maximum Gasteiger partial charge on any atom is 0.414 e. The van der Waals surface area contributed by atoms with Gasteiger partial charge < -0.3 is 29.7 Å². The predicted molar refractivity (Wildman–Crippen MR) is 109 cm³/mol. The Labute approximate surface area is 171 Å². The highest BCUT2D eigenvalue weighted by molar-refractivity contribution is 6.27. The Kier molecular flexibility index (Phi) is 10.8. The number of hydrogen-bond acceptors (Lipinski definition) is 6. The molecule has 1 aromatic rings. The van der Waals surface area contributed by atoms with Crippen LogP contribution in [0.2, 0.25) is 0 Å². The molecule has 2 unspecified atom stereocenters. The Balaban J connectivity index is 0.000000612. The normalized spacial score (nSPS) is 17.9. The lowest BCUT2D eigenvalue weighted by Gasteiger charge is -2.32. The maximum absolute atomic E-state index is 10.2. The van der Waals surface area contributed by atoms with E-state index in [-0.39, 0.29) is 6.61 Å². The average molecular weight is 409 g/mol. The highest BCUT2D eigenvalue weighted by Crippen LogP contribution is 2.28.